The van der Waals surface area contributed by atoms with Gasteiger partial charge < -0.3 is 13.9 Å². The fourth-order valence-electron chi connectivity index (χ4n) is 2.10. The number of methoxy groups -OCH3 is 1. The van der Waals surface area contributed by atoms with Crippen molar-refractivity contribution in [2.75, 3.05) is 12.5 Å². The number of nitrogens with one attached hydrogen (secondary N) is 1. The smallest absolute Gasteiger partial charge is 0.373 e. The van der Waals surface area contributed by atoms with Crippen molar-refractivity contribution in [3.8, 4) is 5.75 Å². The van der Waals surface area contributed by atoms with Crippen LogP contribution in [-0.2, 0) is 11.3 Å². The Morgan fingerprint density at radius 1 is 1.35 bits per heavy atom. The summed E-state index contributed by atoms with van der Waals surface area (Å²) < 4.78 is 15.8. The second-order valence-electron chi connectivity index (χ2n) is 5.25. The zero-order chi connectivity index (χ0) is 18.4. The highest BCUT2D eigenvalue weighted by molar-refractivity contribution is 7.13. The molecule has 0 aliphatic carbocycles. The number of carbonyl (C=O) groups is 1. The van der Waals surface area contributed by atoms with Gasteiger partial charge in [-0.25, -0.2) is 9.78 Å². The van der Waals surface area contributed by atoms with Gasteiger partial charge in [0.25, 0.3) is 0 Å². The highest BCUT2D eigenvalue weighted by Crippen LogP contribution is 2.19. The minimum atomic E-state index is -0.521. The summed E-state index contributed by atoms with van der Waals surface area (Å²) >= 11 is 1.49. The molecule has 0 amide bonds. The maximum atomic E-state index is 11.4. The fraction of sp³-hybridized carbons (Fsp3) is 0.167. The van der Waals surface area contributed by atoms with Crippen LogP contribution in [0.1, 0.15) is 27.6 Å². The van der Waals surface area contributed by atoms with Crippen molar-refractivity contribution in [1.29, 1.82) is 0 Å². The van der Waals surface area contributed by atoms with Crippen LogP contribution in [0.5, 0.6) is 5.75 Å². The molecular formula is C18H17N3O4S. The highest BCUT2D eigenvalue weighted by atomic mass is 32.1. The molecule has 2 aromatic heterocycles. The Kier molecular flexibility index (Phi) is 5.65. The van der Waals surface area contributed by atoms with Crippen LogP contribution in [0.3, 0.4) is 0 Å². The van der Waals surface area contributed by atoms with E-state index in [-0.39, 0.29) is 12.4 Å². The van der Waals surface area contributed by atoms with Crippen LogP contribution in [0.15, 0.2) is 51.3 Å². The van der Waals surface area contributed by atoms with E-state index in [0.29, 0.717) is 11.5 Å². The lowest BCUT2D eigenvalue weighted by Crippen LogP contribution is -2.00. The molecule has 7 nitrogen and oxygen atoms in total. The van der Waals surface area contributed by atoms with Gasteiger partial charge in [0, 0.05) is 10.9 Å². The summed E-state index contributed by atoms with van der Waals surface area (Å²) in [6.07, 6.45) is 1.66. The van der Waals surface area contributed by atoms with Gasteiger partial charge >= 0.3 is 5.97 Å². The summed E-state index contributed by atoms with van der Waals surface area (Å²) in [4.78, 5) is 15.7. The number of rotatable bonds is 7. The number of aromatic nitrogens is 1. The number of hydrazone groups is 1. The molecule has 0 atom stereocenters. The van der Waals surface area contributed by atoms with Crippen LogP contribution < -0.4 is 10.2 Å². The van der Waals surface area contributed by atoms with Gasteiger partial charge in [0.05, 0.1) is 19.0 Å². The molecule has 0 aliphatic rings. The van der Waals surface area contributed by atoms with E-state index in [1.54, 1.807) is 18.3 Å². The van der Waals surface area contributed by atoms with Crippen molar-refractivity contribution in [1.82, 2.24) is 4.98 Å². The van der Waals surface area contributed by atoms with E-state index in [4.69, 9.17) is 9.15 Å². The normalized spacial score (nSPS) is 10.8. The summed E-state index contributed by atoms with van der Waals surface area (Å²) in [5.41, 5.74) is 4.63. The lowest BCUT2D eigenvalue weighted by molar-refractivity contribution is 0.0561. The summed E-state index contributed by atoms with van der Waals surface area (Å²) in [5.74, 6) is 0.786. The van der Waals surface area contributed by atoms with Crippen molar-refractivity contribution in [3.63, 3.8) is 0 Å². The van der Waals surface area contributed by atoms with Crippen LogP contribution in [0, 0.1) is 6.92 Å². The standard InChI is InChI=1S/C18H17N3O4S/c1-12-11-26-18(20-12)21-19-9-13-5-3-4-6-15(13)24-10-14-7-8-16(25-14)17(22)23-2/h3-9,11H,10H2,1-2H3,(H,20,21). The molecule has 0 aliphatic heterocycles. The van der Waals surface area contributed by atoms with Gasteiger partial charge in [-0.2, -0.15) is 5.10 Å². The number of hydrogen-bond acceptors (Lipinski definition) is 8. The molecule has 26 heavy (non-hydrogen) atoms. The van der Waals surface area contributed by atoms with Crippen molar-refractivity contribution in [2.45, 2.75) is 13.5 Å². The predicted molar refractivity (Wildman–Crippen MR) is 98.9 cm³/mol. The zero-order valence-electron chi connectivity index (χ0n) is 14.3. The van der Waals surface area contributed by atoms with E-state index in [9.17, 15) is 4.79 Å². The minimum Gasteiger partial charge on any atom is -0.485 e. The Labute approximate surface area is 154 Å². The average molecular weight is 371 g/mol. The molecule has 0 radical (unpaired) electrons. The molecule has 1 N–H and O–H groups in total. The molecule has 0 unspecified atom stereocenters. The number of para-hydroxylation sites is 1. The number of carbonyl (C=O) groups excluding carboxylic acids is 1. The van der Waals surface area contributed by atoms with Gasteiger partial charge in [-0.15, -0.1) is 11.3 Å². The molecule has 1 aromatic carbocycles. The van der Waals surface area contributed by atoms with E-state index in [1.165, 1.54) is 18.4 Å². The second-order valence-corrected chi connectivity index (χ2v) is 6.11. The van der Waals surface area contributed by atoms with Crippen LogP contribution in [0.25, 0.3) is 0 Å². The maximum absolute atomic E-state index is 11.4. The van der Waals surface area contributed by atoms with Crippen molar-refractivity contribution in [3.05, 3.63) is 64.6 Å². The molecule has 0 spiro atoms. The third kappa shape index (κ3) is 4.48. The highest BCUT2D eigenvalue weighted by Gasteiger charge is 2.11. The first-order valence-electron chi connectivity index (χ1n) is 7.76. The van der Waals surface area contributed by atoms with Gasteiger partial charge in [-0.3, -0.25) is 5.43 Å². The molecule has 0 fully saturated rings. The van der Waals surface area contributed by atoms with Crippen molar-refractivity contribution in [2.24, 2.45) is 5.10 Å². The first-order valence-corrected chi connectivity index (χ1v) is 8.63. The van der Waals surface area contributed by atoms with E-state index in [0.717, 1.165) is 16.4 Å². The van der Waals surface area contributed by atoms with Crippen LogP contribution in [0.4, 0.5) is 5.13 Å². The van der Waals surface area contributed by atoms with Crippen LogP contribution in [0.2, 0.25) is 0 Å². The number of nitrogens with zero attached hydrogens (tertiary/aromatic N) is 2. The third-order valence-corrected chi connectivity index (χ3v) is 4.18. The summed E-state index contributed by atoms with van der Waals surface area (Å²) in [7, 11) is 1.30. The molecule has 3 rings (SSSR count). The average Bonchev–Trinajstić information content (AvgIpc) is 3.29. The SMILES string of the molecule is COC(=O)c1ccc(COc2ccccc2C=NNc2nc(C)cs2)o1. The van der Waals surface area contributed by atoms with Gasteiger partial charge in [0.15, 0.2) is 0 Å². The van der Waals surface area contributed by atoms with Gasteiger partial charge in [-0.1, -0.05) is 12.1 Å². The monoisotopic (exact) mass is 371 g/mol. The number of benzene rings is 1. The van der Waals surface area contributed by atoms with Gasteiger partial charge in [0.2, 0.25) is 10.9 Å². The Bertz CT molecular complexity index is 917. The lowest BCUT2D eigenvalue weighted by atomic mass is 10.2. The van der Waals surface area contributed by atoms with Crippen molar-refractivity contribution < 1.29 is 18.7 Å². The Balaban J connectivity index is 1.63. The molecular weight excluding hydrogens is 354 g/mol. The second kappa shape index (κ2) is 8.30. The fourth-order valence-corrected chi connectivity index (χ4v) is 2.73. The Morgan fingerprint density at radius 2 is 2.19 bits per heavy atom. The Morgan fingerprint density at radius 3 is 2.96 bits per heavy atom. The molecule has 0 bridgehead atoms. The number of thiazole rings is 1. The van der Waals surface area contributed by atoms with Crippen LogP contribution in [-0.4, -0.2) is 24.3 Å². The molecule has 3 aromatic rings. The summed E-state index contributed by atoms with van der Waals surface area (Å²) in [5, 5.41) is 6.86. The van der Waals surface area contributed by atoms with E-state index < -0.39 is 5.97 Å². The maximum Gasteiger partial charge on any atom is 0.373 e. The summed E-state index contributed by atoms with van der Waals surface area (Å²) in [6.45, 7) is 2.11. The first-order chi connectivity index (χ1) is 12.7. The molecule has 134 valence electrons. The number of hydrogen-bond donors (Lipinski definition) is 1. The van der Waals surface area contributed by atoms with Gasteiger partial charge in [0.1, 0.15) is 18.1 Å². The topological polar surface area (TPSA) is 86.0 Å². The third-order valence-electron chi connectivity index (χ3n) is 3.32. The number of ether oxygens (including phenoxy) is 2. The van der Waals surface area contributed by atoms with Gasteiger partial charge in [-0.05, 0) is 31.2 Å². The molecule has 0 saturated carbocycles. The number of anilines is 1. The van der Waals surface area contributed by atoms with Crippen LogP contribution >= 0.6 is 11.3 Å². The number of furan rings is 1. The molecule has 8 heteroatoms. The Hall–Kier alpha value is -3.13. The molecule has 0 saturated heterocycles. The first kappa shape index (κ1) is 17.7. The molecule has 2 heterocycles. The largest absolute Gasteiger partial charge is 0.485 e. The predicted octanol–water partition coefficient (Wildman–Crippen LogP) is 3.86. The lowest BCUT2D eigenvalue weighted by Gasteiger charge is -2.07. The summed E-state index contributed by atoms with van der Waals surface area (Å²) in [6, 6.07) is 10.7. The minimum absolute atomic E-state index is 0.142. The van der Waals surface area contributed by atoms with E-state index in [1.807, 2.05) is 36.6 Å². The number of esters is 1. The zero-order valence-corrected chi connectivity index (χ0v) is 15.1. The quantitative estimate of drug-likeness (QED) is 0.386. The number of aryl methyl sites for hydroxylation is 1. The van der Waals surface area contributed by atoms with E-state index >= 15 is 0 Å². The van der Waals surface area contributed by atoms with E-state index in [2.05, 4.69) is 20.2 Å². The van der Waals surface area contributed by atoms with Crippen molar-refractivity contribution >= 4 is 28.7 Å².